The molecule has 0 spiro atoms. The third kappa shape index (κ3) is 3.06. The lowest BCUT2D eigenvalue weighted by Gasteiger charge is -2.06. The van der Waals surface area contributed by atoms with Crippen LogP contribution in [-0.2, 0) is 6.54 Å². The number of aromatic hydroxyl groups is 1. The average molecular weight is 247 g/mol. The van der Waals surface area contributed by atoms with E-state index in [2.05, 4.69) is 5.32 Å². The third-order valence-electron chi connectivity index (χ3n) is 1.93. The normalized spacial score (nSPS) is 10.4. The Balaban J connectivity index is 2.95. The maximum absolute atomic E-state index is 10.6. The number of nitrogens with one attached hydrogen (secondary N) is 1. The van der Waals surface area contributed by atoms with Crippen molar-refractivity contribution in [1.29, 1.82) is 0 Å². The largest absolute Gasteiger partial charge is 0.502 e. The summed E-state index contributed by atoms with van der Waals surface area (Å²) >= 11 is 5.69. The molecule has 16 heavy (non-hydrogen) atoms. The van der Waals surface area contributed by atoms with E-state index in [9.17, 15) is 15.2 Å². The second kappa shape index (κ2) is 5.64. The van der Waals surface area contributed by atoms with Crippen molar-refractivity contribution in [3.05, 3.63) is 32.8 Å². The minimum Gasteiger partial charge on any atom is -0.502 e. The van der Waals surface area contributed by atoms with Crippen molar-refractivity contribution in [2.45, 2.75) is 6.54 Å². The second-order valence-corrected chi connectivity index (χ2v) is 3.53. The van der Waals surface area contributed by atoms with Crippen LogP contribution in [0.25, 0.3) is 0 Å². The SMILES string of the molecule is O=[N+]([O-])c1cc(Cl)cc(CNCCO)c1O. The van der Waals surface area contributed by atoms with Gasteiger partial charge in [0.25, 0.3) is 0 Å². The minimum absolute atomic E-state index is 0.0522. The minimum atomic E-state index is -0.698. The van der Waals surface area contributed by atoms with Crippen LogP contribution in [0.4, 0.5) is 5.69 Å². The van der Waals surface area contributed by atoms with Crippen LogP contribution >= 0.6 is 11.6 Å². The van der Waals surface area contributed by atoms with Gasteiger partial charge < -0.3 is 15.5 Å². The number of aliphatic hydroxyl groups excluding tert-OH is 1. The molecule has 88 valence electrons. The lowest BCUT2D eigenvalue weighted by atomic mass is 10.1. The number of rotatable bonds is 5. The fraction of sp³-hybridized carbons (Fsp3) is 0.333. The molecule has 6 nitrogen and oxygen atoms in total. The number of nitro benzene ring substituents is 1. The third-order valence-corrected chi connectivity index (χ3v) is 2.15. The zero-order chi connectivity index (χ0) is 12.1. The van der Waals surface area contributed by atoms with Gasteiger partial charge in [-0.25, -0.2) is 0 Å². The zero-order valence-corrected chi connectivity index (χ0v) is 9.07. The number of hydrogen-bond donors (Lipinski definition) is 3. The lowest BCUT2D eigenvalue weighted by Crippen LogP contribution is -2.17. The Hall–Kier alpha value is -1.37. The highest BCUT2D eigenvalue weighted by Gasteiger charge is 2.18. The summed E-state index contributed by atoms with van der Waals surface area (Å²) in [5.41, 5.74) is -0.0963. The van der Waals surface area contributed by atoms with E-state index in [1.54, 1.807) is 0 Å². The number of nitro groups is 1. The van der Waals surface area contributed by atoms with Crippen molar-refractivity contribution in [3.63, 3.8) is 0 Å². The Morgan fingerprint density at radius 2 is 2.19 bits per heavy atom. The van der Waals surface area contributed by atoms with Crippen LogP contribution in [-0.4, -0.2) is 28.3 Å². The van der Waals surface area contributed by atoms with Gasteiger partial charge in [0, 0.05) is 29.7 Å². The van der Waals surface area contributed by atoms with E-state index in [4.69, 9.17) is 16.7 Å². The van der Waals surface area contributed by atoms with Crippen LogP contribution < -0.4 is 5.32 Å². The molecule has 0 aliphatic heterocycles. The fourth-order valence-electron chi connectivity index (χ4n) is 1.22. The van der Waals surface area contributed by atoms with Crippen molar-refractivity contribution in [1.82, 2.24) is 5.32 Å². The molecule has 0 heterocycles. The number of phenols is 1. The molecule has 0 saturated heterocycles. The quantitative estimate of drug-likeness (QED) is 0.410. The summed E-state index contributed by atoms with van der Waals surface area (Å²) in [6, 6.07) is 2.53. The van der Waals surface area contributed by atoms with Crippen LogP contribution in [0.15, 0.2) is 12.1 Å². The molecule has 0 fully saturated rings. The Kier molecular flexibility index (Phi) is 4.48. The number of phenolic OH excluding ortho intramolecular Hbond substituents is 1. The molecule has 0 aliphatic rings. The van der Waals surface area contributed by atoms with E-state index in [1.165, 1.54) is 6.07 Å². The van der Waals surface area contributed by atoms with Crippen LogP contribution in [0, 0.1) is 10.1 Å². The maximum atomic E-state index is 10.6. The molecule has 0 amide bonds. The number of aliphatic hydroxyl groups is 1. The summed E-state index contributed by atoms with van der Waals surface area (Å²) in [7, 11) is 0. The Morgan fingerprint density at radius 3 is 2.75 bits per heavy atom. The summed E-state index contributed by atoms with van der Waals surface area (Å²) in [6.07, 6.45) is 0. The first kappa shape index (κ1) is 12.7. The first-order valence-corrected chi connectivity index (χ1v) is 4.91. The highest BCUT2D eigenvalue weighted by molar-refractivity contribution is 6.31. The van der Waals surface area contributed by atoms with Gasteiger partial charge in [-0.3, -0.25) is 10.1 Å². The summed E-state index contributed by atoms with van der Waals surface area (Å²) in [4.78, 5) is 9.89. The van der Waals surface area contributed by atoms with Crippen molar-refractivity contribution < 1.29 is 15.1 Å². The van der Waals surface area contributed by atoms with E-state index in [0.717, 1.165) is 6.07 Å². The van der Waals surface area contributed by atoms with E-state index >= 15 is 0 Å². The standard InChI is InChI=1S/C9H11ClN2O4/c10-7-3-6(5-11-1-2-13)9(14)8(4-7)12(15)16/h3-4,11,13-14H,1-2,5H2. The zero-order valence-electron chi connectivity index (χ0n) is 8.31. The van der Waals surface area contributed by atoms with Crippen molar-refractivity contribution in [2.75, 3.05) is 13.2 Å². The average Bonchev–Trinajstić information content (AvgIpc) is 2.22. The molecule has 1 rings (SSSR count). The Bertz CT molecular complexity index is 397. The molecule has 1 aromatic carbocycles. The van der Waals surface area contributed by atoms with Gasteiger partial charge in [-0.2, -0.15) is 0 Å². The Morgan fingerprint density at radius 1 is 1.50 bits per heavy atom. The van der Waals surface area contributed by atoms with Crippen molar-refractivity contribution in [3.8, 4) is 5.75 Å². The highest BCUT2D eigenvalue weighted by Crippen LogP contribution is 2.32. The Labute approximate surface area is 96.6 Å². The molecular formula is C9H11ClN2O4. The molecule has 0 aromatic heterocycles. The van der Waals surface area contributed by atoms with Gasteiger partial charge in [0.05, 0.1) is 11.5 Å². The molecule has 0 atom stereocenters. The van der Waals surface area contributed by atoms with E-state index < -0.39 is 16.4 Å². The van der Waals surface area contributed by atoms with E-state index in [-0.39, 0.29) is 18.2 Å². The molecule has 7 heteroatoms. The summed E-state index contributed by atoms with van der Waals surface area (Å²) < 4.78 is 0. The molecule has 0 bridgehead atoms. The van der Waals surface area contributed by atoms with Crippen LogP contribution in [0.5, 0.6) is 5.75 Å². The second-order valence-electron chi connectivity index (χ2n) is 3.09. The molecule has 1 aromatic rings. The van der Waals surface area contributed by atoms with E-state index in [1.807, 2.05) is 0 Å². The molecule has 0 saturated carbocycles. The van der Waals surface area contributed by atoms with Gasteiger partial charge >= 0.3 is 5.69 Å². The molecule has 0 radical (unpaired) electrons. The van der Waals surface area contributed by atoms with Gasteiger partial charge in [0.15, 0.2) is 5.75 Å². The van der Waals surface area contributed by atoms with Gasteiger partial charge in [-0.15, -0.1) is 0 Å². The summed E-state index contributed by atoms with van der Waals surface area (Å²) in [5, 5.41) is 31.7. The van der Waals surface area contributed by atoms with Crippen molar-refractivity contribution in [2.24, 2.45) is 0 Å². The first-order valence-electron chi connectivity index (χ1n) is 4.53. The molecular weight excluding hydrogens is 236 g/mol. The maximum Gasteiger partial charge on any atom is 0.312 e. The monoisotopic (exact) mass is 246 g/mol. The van der Waals surface area contributed by atoms with Crippen molar-refractivity contribution >= 4 is 17.3 Å². The number of benzene rings is 1. The van der Waals surface area contributed by atoms with E-state index in [0.29, 0.717) is 12.1 Å². The number of hydrogen-bond acceptors (Lipinski definition) is 5. The van der Waals surface area contributed by atoms with Crippen LogP contribution in [0.3, 0.4) is 0 Å². The smallest absolute Gasteiger partial charge is 0.312 e. The van der Waals surface area contributed by atoms with Crippen LogP contribution in [0.1, 0.15) is 5.56 Å². The fourth-order valence-corrected chi connectivity index (χ4v) is 1.45. The topological polar surface area (TPSA) is 95.6 Å². The molecule has 3 N–H and O–H groups in total. The van der Waals surface area contributed by atoms with Gasteiger partial charge in [0.2, 0.25) is 0 Å². The predicted octanol–water partition coefficient (Wildman–Crippen LogP) is 1.04. The van der Waals surface area contributed by atoms with Gasteiger partial charge in [-0.05, 0) is 6.07 Å². The highest BCUT2D eigenvalue weighted by atomic mass is 35.5. The molecule has 0 aliphatic carbocycles. The van der Waals surface area contributed by atoms with Gasteiger partial charge in [0.1, 0.15) is 0 Å². The predicted molar refractivity (Wildman–Crippen MR) is 58.6 cm³/mol. The lowest BCUT2D eigenvalue weighted by molar-refractivity contribution is -0.385. The summed E-state index contributed by atoms with van der Waals surface area (Å²) in [6.45, 7) is 0.483. The van der Waals surface area contributed by atoms with Crippen LogP contribution in [0.2, 0.25) is 5.02 Å². The number of nitrogens with zero attached hydrogens (tertiary/aromatic N) is 1. The number of halogens is 1. The molecule has 0 unspecified atom stereocenters. The summed E-state index contributed by atoms with van der Waals surface area (Å²) in [5.74, 6) is -0.403. The van der Waals surface area contributed by atoms with Gasteiger partial charge in [-0.1, -0.05) is 11.6 Å². The first-order chi connectivity index (χ1) is 7.56.